The third kappa shape index (κ3) is 5.67. The van der Waals surface area contributed by atoms with Crippen molar-refractivity contribution in [3.05, 3.63) is 0 Å². The molecule has 0 aliphatic heterocycles. The van der Waals surface area contributed by atoms with Crippen LogP contribution in [0, 0.1) is 5.92 Å². The number of ether oxygens (including phenoxy) is 1. The highest BCUT2D eigenvalue weighted by atomic mass is 16.5. The normalized spacial score (nSPS) is 12.3. The second-order valence-electron chi connectivity index (χ2n) is 3.82. The van der Waals surface area contributed by atoms with Gasteiger partial charge in [-0.25, -0.2) is 0 Å². The van der Waals surface area contributed by atoms with Gasteiger partial charge in [0.1, 0.15) is 0 Å². The molecule has 0 heterocycles. The van der Waals surface area contributed by atoms with Crippen molar-refractivity contribution in [2.24, 2.45) is 11.7 Å². The maximum atomic E-state index is 11.4. The lowest BCUT2D eigenvalue weighted by molar-refractivity contribution is -0.140. The lowest BCUT2D eigenvalue weighted by Gasteiger charge is -2.21. The van der Waals surface area contributed by atoms with Gasteiger partial charge in [-0.2, -0.15) is 0 Å². The standard InChI is InChI=1S/C10H21N3O3/c1-7(2)8(6-16-3)13-10(15)9(14)12-5-4-11/h7-8H,4-6,11H2,1-3H3,(H,12,14)(H,13,15). The molecule has 94 valence electrons. The van der Waals surface area contributed by atoms with Gasteiger partial charge >= 0.3 is 11.8 Å². The molecule has 0 bridgehead atoms. The number of amides is 2. The predicted molar refractivity (Wildman–Crippen MR) is 60.7 cm³/mol. The van der Waals surface area contributed by atoms with E-state index in [0.717, 1.165) is 0 Å². The molecule has 0 radical (unpaired) electrons. The van der Waals surface area contributed by atoms with E-state index < -0.39 is 11.8 Å². The summed E-state index contributed by atoms with van der Waals surface area (Å²) in [6, 6.07) is -0.166. The SMILES string of the molecule is COCC(NC(=O)C(=O)NCCN)C(C)C. The van der Waals surface area contributed by atoms with Gasteiger partial charge in [0, 0.05) is 20.2 Å². The zero-order valence-corrected chi connectivity index (χ0v) is 10.1. The van der Waals surface area contributed by atoms with Crippen LogP contribution in [-0.4, -0.2) is 44.7 Å². The largest absolute Gasteiger partial charge is 0.383 e. The maximum absolute atomic E-state index is 11.4. The minimum absolute atomic E-state index is 0.166. The molecule has 0 aliphatic carbocycles. The number of rotatable bonds is 6. The molecular weight excluding hydrogens is 210 g/mol. The lowest BCUT2D eigenvalue weighted by atomic mass is 10.1. The maximum Gasteiger partial charge on any atom is 0.309 e. The first-order chi connectivity index (χ1) is 7.52. The topological polar surface area (TPSA) is 93.4 Å². The Balaban J connectivity index is 4.12. The molecule has 0 aromatic rings. The fraction of sp³-hybridized carbons (Fsp3) is 0.800. The van der Waals surface area contributed by atoms with Crippen LogP contribution < -0.4 is 16.4 Å². The number of nitrogens with two attached hydrogens (primary N) is 1. The first-order valence-electron chi connectivity index (χ1n) is 5.30. The summed E-state index contributed by atoms with van der Waals surface area (Å²) in [7, 11) is 1.55. The van der Waals surface area contributed by atoms with Gasteiger partial charge in [-0.3, -0.25) is 9.59 Å². The minimum Gasteiger partial charge on any atom is -0.383 e. The second kappa shape index (κ2) is 8.06. The van der Waals surface area contributed by atoms with E-state index in [1.165, 1.54) is 0 Å². The molecule has 6 nitrogen and oxygen atoms in total. The molecule has 0 aliphatic rings. The van der Waals surface area contributed by atoms with Crippen molar-refractivity contribution in [1.29, 1.82) is 0 Å². The zero-order valence-electron chi connectivity index (χ0n) is 10.1. The number of carbonyl (C=O) groups excluding carboxylic acids is 2. The summed E-state index contributed by atoms with van der Waals surface area (Å²) < 4.78 is 4.96. The minimum atomic E-state index is -0.660. The number of carbonyl (C=O) groups is 2. The Morgan fingerprint density at radius 1 is 1.31 bits per heavy atom. The van der Waals surface area contributed by atoms with Crippen LogP contribution in [-0.2, 0) is 14.3 Å². The summed E-state index contributed by atoms with van der Waals surface area (Å²) in [5.74, 6) is -1.11. The molecule has 0 spiro atoms. The van der Waals surface area contributed by atoms with Gasteiger partial charge in [0.15, 0.2) is 0 Å². The van der Waals surface area contributed by atoms with Gasteiger partial charge in [-0.1, -0.05) is 13.8 Å². The summed E-state index contributed by atoms with van der Waals surface area (Å²) in [4.78, 5) is 22.7. The highest BCUT2D eigenvalue weighted by Crippen LogP contribution is 2.01. The van der Waals surface area contributed by atoms with Gasteiger partial charge < -0.3 is 21.1 Å². The predicted octanol–water partition coefficient (Wildman–Crippen LogP) is -1.15. The Labute approximate surface area is 95.9 Å². The van der Waals surface area contributed by atoms with Gasteiger partial charge in [0.25, 0.3) is 0 Å². The molecule has 16 heavy (non-hydrogen) atoms. The smallest absolute Gasteiger partial charge is 0.309 e. The van der Waals surface area contributed by atoms with Crippen LogP contribution in [0.5, 0.6) is 0 Å². The van der Waals surface area contributed by atoms with E-state index in [2.05, 4.69) is 10.6 Å². The van der Waals surface area contributed by atoms with E-state index in [1.807, 2.05) is 13.8 Å². The molecule has 0 aromatic heterocycles. The fourth-order valence-electron chi connectivity index (χ4n) is 1.08. The van der Waals surface area contributed by atoms with Crippen molar-refractivity contribution < 1.29 is 14.3 Å². The monoisotopic (exact) mass is 231 g/mol. The van der Waals surface area contributed by atoms with Crippen molar-refractivity contribution in [3.8, 4) is 0 Å². The molecule has 0 saturated heterocycles. The second-order valence-corrected chi connectivity index (χ2v) is 3.82. The van der Waals surface area contributed by atoms with Gasteiger partial charge in [0.05, 0.1) is 12.6 Å². The lowest BCUT2D eigenvalue weighted by Crippen LogP contribution is -2.48. The van der Waals surface area contributed by atoms with E-state index >= 15 is 0 Å². The van der Waals surface area contributed by atoms with Crippen LogP contribution in [0.1, 0.15) is 13.8 Å². The number of methoxy groups -OCH3 is 1. The van der Waals surface area contributed by atoms with Crippen LogP contribution in [0.3, 0.4) is 0 Å². The summed E-state index contributed by atoms with van der Waals surface area (Å²) in [6.07, 6.45) is 0. The van der Waals surface area contributed by atoms with Gasteiger partial charge in [-0.05, 0) is 5.92 Å². The Morgan fingerprint density at radius 3 is 2.38 bits per heavy atom. The van der Waals surface area contributed by atoms with E-state index in [0.29, 0.717) is 19.7 Å². The van der Waals surface area contributed by atoms with Crippen molar-refractivity contribution in [3.63, 3.8) is 0 Å². The van der Waals surface area contributed by atoms with Crippen molar-refractivity contribution in [2.75, 3.05) is 26.8 Å². The average Bonchev–Trinajstić information content (AvgIpc) is 2.24. The Morgan fingerprint density at radius 2 is 1.94 bits per heavy atom. The Bertz CT molecular complexity index is 231. The van der Waals surface area contributed by atoms with Gasteiger partial charge in [0.2, 0.25) is 0 Å². The molecule has 6 heteroatoms. The van der Waals surface area contributed by atoms with Crippen LogP contribution in [0.15, 0.2) is 0 Å². The highest BCUT2D eigenvalue weighted by Gasteiger charge is 2.20. The zero-order chi connectivity index (χ0) is 12.6. The van der Waals surface area contributed by atoms with Gasteiger partial charge in [-0.15, -0.1) is 0 Å². The fourth-order valence-corrected chi connectivity index (χ4v) is 1.08. The molecule has 4 N–H and O–H groups in total. The van der Waals surface area contributed by atoms with Crippen LogP contribution in [0.2, 0.25) is 0 Å². The molecule has 1 unspecified atom stereocenters. The summed E-state index contributed by atoms with van der Waals surface area (Å²) in [5.41, 5.74) is 5.21. The first kappa shape index (κ1) is 14.9. The third-order valence-corrected chi connectivity index (χ3v) is 2.10. The molecule has 1 atom stereocenters. The summed E-state index contributed by atoms with van der Waals surface area (Å²) in [6.45, 7) is 4.88. The van der Waals surface area contributed by atoms with Crippen LogP contribution >= 0.6 is 0 Å². The van der Waals surface area contributed by atoms with E-state index in [-0.39, 0.29) is 12.0 Å². The number of hydrogen-bond acceptors (Lipinski definition) is 4. The Kier molecular flexibility index (Phi) is 7.49. The number of nitrogens with one attached hydrogen (secondary N) is 2. The van der Waals surface area contributed by atoms with Crippen LogP contribution in [0.25, 0.3) is 0 Å². The molecule has 0 fully saturated rings. The van der Waals surface area contributed by atoms with E-state index in [9.17, 15) is 9.59 Å². The third-order valence-electron chi connectivity index (χ3n) is 2.10. The van der Waals surface area contributed by atoms with Crippen molar-refractivity contribution >= 4 is 11.8 Å². The number of hydrogen-bond donors (Lipinski definition) is 3. The highest BCUT2D eigenvalue weighted by molar-refractivity contribution is 6.35. The average molecular weight is 231 g/mol. The van der Waals surface area contributed by atoms with E-state index in [1.54, 1.807) is 7.11 Å². The van der Waals surface area contributed by atoms with E-state index in [4.69, 9.17) is 10.5 Å². The molecule has 0 saturated carbocycles. The molecule has 0 aromatic carbocycles. The Hall–Kier alpha value is -1.14. The summed E-state index contributed by atoms with van der Waals surface area (Å²) in [5, 5.41) is 5.01. The molecule has 0 rings (SSSR count). The van der Waals surface area contributed by atoms with Crippen LogP contribution in [0.4, 0.5) is 0 Å². The summed E-state index contributed by atoms with van der Waals surface area (Å²) >= 11 is 0. The molecular formula is C10H21N3O3. The van der Waals surface area contributed by atoms with Crippen molar-refractivity contribution in [1.82, 2.24) is 10.6 Å². The molecule has 2 amide bonds. The quantitative estimate of drug-likeness (QED) is 0.503. The first-order valence-corrected chi connectivity index (χ1v) is 5.30. The van der Waals surface area contributed by atoms with Crippen molar-refractivity contribution in [2.45, 2.75) is 19.9 Å².